The molecule has 0 saturated heterocycles. The SMILES string of the molecule is Cc1cc(C)cc(OCCn2c(CO)nc3ccccc32)c1. The van der Waals surface area contributed by atoms with E-state index in [0.29, 0.717) is 19.0 Å². The van der Waals surface area contributed by atoms with Crippen LogP contribution in [0, 0.1) is 13.8 Å². The van der Waals surface area contributed by atoms with Gasteiger partial charge in [-0.05, 0) is 49.2 Å². The summed E-state index contributed by atoms with van der Waals surface area (Å²) in [5.41, 5.74) is 4.31. The van der Waals surface area contributed by atoms with E-state index in [1.807, 2.05) is 41.0 Å². The summed E-state index contributed by atoms with van der Waals surface area (Å²) in [6.07, 6.45) is 0. The summed E-state index contributed by atoms with van der Waals surface area (Å²) >= 11 is 0. The van der Waals surface area contributed by atoms with Gasteiger partial charge in [-0.1, -0.05) is 18.2 Å². The highest BCUT2D eigenvalue weighted by Crippen LogP contribution is 2.18. The Bertz CT molecular complexity index is 773. The van der Waals surface area contributed by atoms with E-state index in [4.69, 9.17) is 4.74 Å². The molecule has 0 saturated carbocycles. The predicted molar refractivity (Wildman–Crippen MR) is 87.1 cm³/mol. The van der Waals surface area contributed by atoms with Crippen LogP contribution >= 0.6 is 0 Å². The van der Waals surface area contributed by atoms with Gasteiger partial charge in [0.15, 0.2) is 0 Å². The Morgan fingerprint density at radius 3 is 2.55 bits per heavy atom. The maximum atomic E-state index is 9.48. The lowest BCUT2D eigenvalue weighted by atomic mass is 10.1. The van der Waals surface area contributed by atoms with Crippen molar-refractivity contribution < 1.29 is 9.84 Å². The zero-order valence-electron chi connectivity index (χ0n) is 12.9. The summed E-state index contributed by atoms with van der Waals surface area (Å²) in [7, 11) is 0. The van der Waals surface area contributed by atoms with Crippen molar-refractivity contribution in [3.63, 3.8) is 0 Å². The molecule has 0 spiro atoms. The molecule has 0 aliphatic heterocycles. The van der Waals surface area contributed by atoms with Gasteiger partial charge in [0.25, 0.3) is 0 Å². The molecule has 0 aliphatic rings. The van der Waals surface area contributed by atoms with E-state index in [0.717, 1.165) is 16.8 Å². The maximum Gasteiger partial charge on any atom is 0.135 e. The van der Waals surface area contributed by atoms with Crippen molar-refractivity contribution in [3.8, 4) is 5.75 Å². The average Bonchev–Trinajstić information content (AvgIpc) is 2.84. The van der Waals surface area contributed by atoms with E-state index in [1.54, 1.807) is 0 Å². The minimum Gasteiger partial charge on any atom is -0.492 e. The number of hydrogen-bond donors (Lipinski definition) is 1. The number of aliphatic hydroxyl groups excluding tert-OH is 1. The van der Waals surface area contributed by atoms with Crippen LogP contribution in [0.1, 0.15) is 17.0 Å². The monoisotopic (exact) mass is 296 g/mol. The zero-order valence-corrected chi connectivity index (χ0v) is 12.9. The normalized spacial score (nSPS) is 11.0. The number of aryl methyl sites for hydroxylation is 2. The summed E-state index contributed by atoms with van der Waals surface area (Å²) in [5, 5.41) is 9.48. The van der Waals surface area contributed by atoms with Crippen LogP contribution < -0.4 is 4.74 Å². The summed E-state index contributed by atoms with van der Waals surface area (Å²) in [5.74, 6) is 1.55. The molecule has 1 aromatic heterocycles. The van der Waals surface area contributed by atoms with Crippen LogP contribution in [-0.4, -0.2) is 21.3 Å². The quantitative estimate of drug-likeness (QED) is 0.786. The third kappa shape index (κ3) is 2.97. The topological polar surface area (TPSA) is 47.3 Å². The highest BCUT2D eigenvalue weighted by atomic mass is 16.5. The molecule has 1 N–H and O–H groups in total. The third-order valence-electron chi connectivity index (χ3n) is 3.65. The molecule has 3 rings (SSSR count). The second-order valence-corrected chi connectivity index (χ2v) is 5.50. The van der Waals surface area contributed by atoms with Crippen LogP contribution in [-0.2, 0) is 13.2 Å². The molecule has 4 heteroatoms. The number of ether oxygens (including phenoxy) is 1. The fourth-order valence-corrected chi connectivity index (χ4v) is 2.77. The zero-order chi connectivity index (χ0) is 15.5. The van der Waals surface area contributed by atoms with Gasteiger partial charge in [0.2, 0.25) is 0 Å². The molecule has 0 fully saturated rings. The molecule has 0 radical (unpaired) electrons. The van der Waals surface area contributed by atoms with E-state index in [9.17, 15) is 5.11 Å². The van der Waals surface area contributed by atoms with E-state index >= 15 is 0 Å². The van der Waals surface area contributed by atoms with Crippen LogP contribution in [0.15, 0.2) is 42.5 Å². The lowest BCUT2D eigenvalue weighted by molar-refractivity contribution is 0.255. The first-order valence-electron chi connectivity index (χ1n) is 7.43. The molecule has 4 nitrogen and oxygen atoms in total. The largest absolute Gasteiger partial charge is 0.492 e. The molecule has 3 aromatic rings. The van der Waals surface area contributed by atoms with E-state index in [2.05, 4.69) is 24.9 Å². The first kappa shape index (κ1) is 14.6. The number of aliphatic hydroxyl groups is 1. The predicted octanol–water partition coefficient (Wildman–Crippen LogP) is 3.22. The summed E-state index contributed by atoms with van der Waals surface area (Å²) in [4.78, 5) is 4.44. The molecule has 0 aliphatic carbocycles. The number of imidazole rings is 1. The van der Waals surface area contributed by atoms with Crippen LogP contribution in [0.4, 0.5) is 0 Å². The smallest absolute Gasteiger partial charge is 0.135 e. The molecule has 0 bridgehead atoms. The van der Waals surface area contributed by atoms with Crippen molar-refractivity contribution >= 4 is 11.0 Å². The van der Waals surface area contributed by atoms with E-state index in [-0.39, 0.29) is 6.61 Å². The molecular formula is C18H20N2O2. The number of hydrogen-bond acceptors (Lipinski definition) is 3. The minimum absolute atomic E-state index is 0.0712. The van der Waals surface area contributed by atoms with Crippen LogP contribution in [0.5, 0.6) is 5.75 Å². The fourth-order valence-electron chi connectivity index (χ4n) is 2.77. The summed E-state index contributed by atoms with van der Waals surface area (Å²) < 4.78 is 7.87. The Morgan fingerprint density at radius 2 is 1.82 bits per heavy atom. The van der Waals surface area contributed by atoms with Gasteiger partial charge >= 0.3 is 0 Å². The highest BCUT2D eigenvalue weighted by molar-refractivity contribution is 5.75. The van der Waals surface area contributed by atoms with Crippen molar-refractivity contribution in [2.45, 2.75) is 27.0 Å². The number of benzene rings is 2. The molecule has 0 amide bonds. The fraction of sp³-hybridized carbons (Fsp3) is 0.278. The summed E-state index contributed by atoms with van der Waals surface area (Å²) in [6.45, 7) is 5.25. The van der Waals surface area contributed by atoms with Gasteiger partial charge in [-0.3, -0.25) is 0 Å². The van der Waals surface area contributed by atoms with Gasteiger partial charge in [0.05, 0.1) is 17.6 Å². The third-order valence-corrected chi connectivity index (χ3v) is 3.65. The van der Waals surface area contributed by atoms with Gasteiger partial charge in [-0.25, -0.2) is 4.98 Å². The Balaban J connectivity index is 1.76. The Hall–Kier alpha value is -2.33. The van der Waals surface area contributed by atoms with Crippen molar-refractivity contribution in [1.82, 2.24) is 9.55 Å². The molecular weight excluding hydrogens is 276 g/mol. The van der Waals surface area contributed by atoms with Crippen LogP contribution in [0.2, 0.25) is 0 Å². The van der Waals surface area contributed by atoms with Crippen molar-refractivity contribution in [2.75, 3.05) is 6.61 Å². The lowest BCUT2D eigenvalue weighted by Gasteiger charge is -2.11. The van der Waals surface area contributed by atoms with Crippen LogP contribution in [0.3, 0.4) is 0 Å². The van der Waals surface area contributed by atoms with Gasteiger partial charge in [0, 0.05) is 0 Å². The lowest BCUT2D eigenvalue weighted by Crippen LogP contribution is -2.11. The van der Waals surface area contributed by atoms with E-state index in [1.165, 1.54) is 11.1 Å². The average molecular weight is 296 g/mol. The van der Waals surface area contributed by atoms with Crippen molar-refractivity contribution in [1.29, 1.82) is 0 Å². The van der Waals surface area contributed by atoms with E-state index < -0.39 is 0 Å². The standard InChI is InChI=1S/C18H20N2O2/c1-13-9-14(2)11-15(10-13)22-8-7-20-17-6-4-3-5-16(17)19-18(20)12-21/h3-6,9-11,21H,7-8,12H2,1-2H3. The first-order valence-corrected chi connectivity index (χ1v) is 7.43. The number of fused-ring (bicyclic) bond motifs is 1. The molecule has 1 heterocycles. The molecule has 22 heavy (non-hydrogen) atoms. The number of rotatable bonds is 5. The van der Waals surface area contributed by atoms with Gasteiger partial charge in [0.1, 0.15) is 24.8 Å². The summed E-state index contributed by atoms with van der Waals surface area (Å²) in [6, 6.07) is 14.1. The number of aromatic nitrogens is 2. The van der Waals surface area contributed by atoms with Gasteiger partial charge in [-0.2, -0.15) is 0 Å². The van der Waals surface area contributed by atoms with Gasteiger partial charge in [-0.15, -0.1) is 0 Å². The Morgan fingerprint density at radius 1 is 1.09 bits per heavy atom. The van der Waals surface area contributed by atoms with Crippen molar-refractivity contribution in [2.24, 2.45) is 0 Å². The van der Waals surface area contributed by atoms with Gasteiger partial charge < -0.3 is 14.4 Å². The molecule has 114 valence electrons. The molecule has 0 atom stereocenters. The highest BCUT2D eigenvalue weighted by Gasteiger charge is 2.09. The second-order valence-electron chi connectivity index (χ2n) is 5.50. The molecule has 0 unspecified atom stereocenters. The Labute approximate surface area is 130 Å². The first-order chi connectivity index (χ1) is 10.7. The number of para-hydroxylation sites is 2. The molecule has 2 aromatic carbocycles. The number of nitrogens with zero attached hydrogens (tertiary/aromatic N) is 2. The maximum absolute atomic E-state index is 9.48. The minimum atomic E-state index is -0.0712. The van der Waals surface area contributed by atoms with Crippen molar-refractivity contribution in [3.05, 3.63) is 59.4 Å². The second kappa shape index (κ2) is 6.20. The van der Waals surface area contributed by atoms with Crippen LogP contribution in [0.25, 0.3) is 11.0 Å². The Kier molecular flexibility index (Phi) is 4.11.